The van der Waals surface area contributed by atoms with Gasteiger partial charge in [-0.15, -0.1) is 0 Å². The van der Waals surface area contributed by atoms with Gasteiger partial charge in [0.1, 0.15) is 5.69 Å². The highest BCUT2D eigenvalue weighted by atomic mass is 32.2. The van der Waals surface area contributed by atoms with Crippen LogP contribution in [-0.2, 0) is 0 Å². The SMILES string of the molecule is Cc1cc(/C(N)=N/O)nc(SCC(C)CO)n1. The largest absolute Gasteiger partial charge is 0.409 e. The van der Waals surface area contributed by atoms with Gasteiger partial charge in [-0.1, -0.05) is 23.8 Å². The van der Waals surface area contributed by atoms with Crippen molar-refractivity contribution in [2.75, 3.05) is 12.4 Å². The van der Waals surface area contributed by atoms with Crippen LogP contribution in [0.3, 0.4) is 0 Å². The number of thioether (sulfide) groups is 1. The quantitative estimate of drug-likeness (QED) is 0.178. The van der Waals surface area contributed by atoms with E-state index in [4.69, 9.17) is 16.0 Å². The van der Waals surface area contributed by atoms with Crippen molar-refractivity contribution in [1.29, 1.82) is 0 Å². The Morgan fingerprint density at radius 1 is 1.59 bits per heavy atom. The average molecular weight is 256 g/mol. The molecule has 0 saturated heterocycles. The van der Waals surface area contributed by atoms with Crippen LogP contribution in [0.15, 0.2) is 16.4 Å². The monoisotopic (exact) mass is 256 g/mol. The first-order valence-electron chi connectivity index (χ1n) is 5.14. The summed E-state index contributed by atoms with van der Waals surface area (Å²) < 4.78 is 0. The first-order valence-corrected chi connectivity index (χ1v) is 6.12. The molecule has 94 valence electrons. The second kappa shape index (κ2) is 6.41. The average Bonchev–Trinajstić information content (AvgIpc) is 2.34. The first-order chi connectivity index (χ1) is 8.06. The lowest BCUT2D eigenvalue weighted by molar-refractivity contribution is 0.250. The van der Waals surface area contributed by atoms with Crippen molar-refractivity contribution in [3.63, 3.8) is 0 Å². The van der Waals surface area contributed by atoms with Gasteiger partial charge in [0.25, 0.3) is 0 Å². The fourth-order valence-corrected chi connectivity index (χ4v) is 1.97. The van der Waals surface area contributed by atoms with E-state index in [1.54, 1.807) is 6.07 Å². The lowest BCUT2D eigenvalue weighted by Gasteiger charge is -2.07. The van der Waals surface area contributed by atoms with Crippen molar-refractivity contribution in [2.24, 2.45) is 16.8 Å². The third-order valence-electron chi connectivity index (χ3n) is 2.01. The molecular formula is C10H16N4O2S. The van der Waals surface area contributed by atoms with E-state index in [1.807, 2.05) is 13.8 Å². The Kier molecular flexibility index (Phi) is 5.17. The molecule has 1 rings (SSSR count). The number of nitrogens with zero attached hydrogens (tertiary/aromatic N) is 3. The lowest BCUT2D eigenvalue weighted by Crippen LogP contribution is -2.16. The van der Waals surface area contributed by atoms with E-state index in [1.165, 1.54) is 11.8 Å². The molecule has 0 spiro atoms. The van der Waals surface area contributed by atoms with E-state index >= 15 is 0 Å². The number of aliphatic hydroxyl groups excluding tert-OH is 1. The summed E-state index contributed by atoms with van der Waals surface area (Å²) in [6.45, 7) is 3.88. The van der Waals surface area contributed by atoms with Crippen LogP contribution in [0.5, 0.6) is 0 Å². The van der Waals surface area contributed by atoms with Gasteiger partial charge in [-0.05, 0) is 18.9 Å². The van der Waals surface area contributed by atoms with Crippen molar-refractivity contribution in [3.05, 3.63) is 17.5 Å². The molecular weight excluding hydrogens is 240 g/mol. The van der Waals surface area contributed by atoms with E-state index in [-0.39, 0.29) is 18.4 Å². The van der Waals surface area contributed by atoms with Gasteiger partial charge in [-0.3, -0.25) is 0 Å². The summed E-state index contributed by atoms with van der Waals surface area (Å²) in [7, 11) is 0. The lowest BCUT2D eigenvalue weighted by atomic mass is 10.2. The molecule has 0 aromatic carbocycles. The smallest absolute Gasteiger partial charge is 0.188 e. The van der Waals surface area contributed by atoms with Gasteiger partial charge in [0.15, 0.2) is 11.0 Å². The fraction of sp³-hybridized carbons (Fsp3) is 0.500. The summed E-state index contributed by atoms with van der Waals surface area (Å²) in [5, 5.41) is 21.0. The van der Waals surface area contributed by atoms with Gasteiger partial charge < -0.3 is 16.0 Å². The van der Waals surface area contributed by atoms with Crippen molar-refractivity contribution in [1.82, 2.24) is 9.97 Å². The zero-order chi connectivity index (χ0) is 12.8. The molecule has 1 atom stereocenters. The summed E-state index contributed by atoms with van der Waals surface area (Å²) >= 11 is 1.43. The number of hydrogen-bond donors (Lipinski definition) is 3. The Hall–Kier alpha value is -1.34. The Bertz CT molecular complexity index is 411. The van der Waals surface area contributed by atoms with E-state index in [0.717, 1.165) is 11.4 Å². The molecule has 6 nitrogen and oxygen atoms in total. The highest BCUT2D eigenvalue weighted by Crippen LogP contribution is 2.17. The molecule has 0 aliphatic carbocycles. The molecule has 0 bridgehead atoms. The molecule has 0 amide bonds. The van der Waals surface area contributed by atoms with Crippen LogP contribution in [0, 0.1) is 12.8 Å². The van der Waals surface area contributed by atoms with Crippen LogP contribution in [-0.4, -0.2) is 38.5 Å². The van der Waals surface area contributed by atoms with E-state index in [2.05, 4.69) is 15.1 Å². The minimum absolute atomic E-state index is 0.0347. The number of aliphatic hydroxyl groups is 1. The molecule has 0 aliphatic rings. The molecule has 1 heterocycles. The molecule has 0 radical (unpaired) electrons. The number of oxime groups is 1. The molecule has 0 saturated carbocycles. The maximum Gasteiger partial charge on any atom is 0.188 e. The van der Waals surface area contributed by atoms with Crippen LogP contribution in [0.1, 0.15) is 18.3 Å². The maximum absolute atomic E-state index is 8.92. The standard InChI is InChI=1S/C10H16N4O2S/c1-6(4-15)5-17-10-12-7(2)3-8(13-10)9(11)14-16/h3,6,15-16H,4-5H2,1-2H3,(H2,11,14). The molecule has 0 fully saturated rings. The van der Waals surface area contributed by atoms with Crippen LogP contribution in [0.4, 0.5) is 0 Å². The van der Waals surface area contributed by atoms with Crippen LogP contribution in [0.25, 0.3) is 0 Å². The number of nitrogens with two attached hydrogens (primary N) is 1. The van der Waals surface area contributed by atoms with Gasteiger partial charge in [0.05, 0.1) is 0 Å². The summed E-state index contributed by atoms with van der Waals surface area (Å²) in [5.74, 6) is 0.860. The highest BCUT2D eigenvalue weighted by Gasteiger charge is 2.08. The number of aromatic nitrogens is 2. The Balaban J connectivity index is 2.83. The van der Waals surface area contributed by atoms with E-state index in [0.29, 0.717) is 10.9 Å². The van der Waals surface area contributed by atoms with Crippen molar-refractivity contribution >= 4 is 17.6 Å². The number of hydrogen-bond acceptors (Lipinski definition) is 6. The third kappa shape index (κ3) is 4.20. The molecule has 4 N–H and O–H groups in total. The predicted octanol–water partition coefficient (Wildman–Crippen LogP) is 0.600. The van der Waals surface area contributed by atoms with Crippen molar-refractivity contribution < 1.29 is 10.3 Å². The van der Waals surface area contributed by atoms with Gasteiger partial charge in [-0.25, -0.2) is 9.97 Å². The van der Waals surface area contributed by atoms with Crippen LogP contribution in [0.2, 0.25) is 0 Å². The first kappa shape index (κ1) is 13.7. The maximum atomic E-state index is 8.92. The zero-order valence-corrected chi connectivity index (χ0v) is 10.6. The molecule has 1 aromatic rings. The highest BCUT2D eigenvalue weighted by molar-refractivity contribution is 7.99. The Labute approximate surface area is 104 Å². The van der Waals surface area contributed by atoms with E-state index in [9.17, 15) is 0 Å². The fourth-order valence-electron chi connectivity index (χ4n) is 1.06. The number of aryl methyl sites for hydroxylation is 1. The summed E-state index contributed by atoms with van der Waals surface area (Å²) in [6, 6.07) is 1.65. The predicted molar refractivity (Wildman–Crippen MR) is 66.3 cm³/mol. The summed E-state index contributed by atoms with van der Waals surface area (Å²) in [6.07, 6.45) is 0. The molecule has 1 unspecified atom stereocenters. The summed E-state index contributed by atoms with van der Waals surface area (Å²) in [5.41, 5.74) is 6.63. The molecule has 1 aromatic heterocycles. The Morgan fingerprint density at radius 2 is 2.29 bits per heavy atom. The van der Waals surface area contributed by atoms with Gasteiger partial charge in [0, 0.05) is 18.1 Å². The second-order valence-electron chi connectivity index (χ2n) is 3.76. The molecule has 17 heavy (non-hydrogen) atoms. The van der Waals surface area contributed by atoms with Gasteiger partial charge in [-0.2, -0.15) is 0 Å². The van der Waals surface area contributed by atoms with Crippen LogP contribution >= 0.6 is 11.8 Å². The number of rotatable bonds is 5. The minimum atomic E-state index is -0.0347. The van der Waals surface area contributed by atoms with Gasteiger partial charge in [0.2, 0.25) is 0 Å². The van der Waals surface area contributed by atoms with Crippen molar-refractivity contribution in [3.8, 4) is 0 Å². The molecule has 7 heteroatoms. The zero-order valence-electron chi connectivity index (χ0n) is 9.79. The topological polar surface area (TPSA) is 105 Å². The normalized spacial score (nSPS) is 13.7. The Morgan fingerprint density at radius 3 is 2.88 bits per heavy atom. The summed E-state index contributed by atoms with van der Waals surface area (Å²) in [4.78, 5) is 8.40. The molecule has 0 aliphatic heterocycles. The number of amidine groups is 1. The van der Waals surface area contributed by atoms with Gasteiger partial charge >= 0.3 is 0 Å². The van der Waals surface area contributed by atoms with E-state index < -0.39 is 0 Å². The second-order valence-corrected chi connectivity index (χ2v) is 4.75. The van der Waals surface area contributed by atoms with Crippen LogP contribution < -0.4 is 5.73 Å². The third-order valence-corrected chi connectivity index (χ3v) is 3.19. The van der Waals surface area contributed by atoms with Crippen molar-refractivity contribution in [2.45, 2.75) is 19.0 Å². The minimum Gasteiger partial charge on any atom is -0.409 e.